The van der Waals surface area contributed by atoms with Crippen molar-refractivity contribution in [2.75, 3.05) is 19.0 Å². The summed E-state index contributed by atoms with van der Waals surface area (Å²) in [6.07, 6.45) is 0. The highest BCUT2D eigenvalue weighted by molar-refractivity contribution is 6.03. The topological polar surface area (TPSA) is 76.8 Å². The van der Waals surface area contributed by atoms with E-state index in [1.807, 2.05) is 25.1 Å². The summed E-state index contributed by atoms with van der Waals surface area (Å²) in [5.74, 6) is -1.87. The van der Waals surface area contributed by atoms with Crippen molar-refractivity contribution in [2.45, 2.75) is 0 Å². The van der Waals surface area contributed by atoms with E-state index in [9.17, 15) is 14.4 Å². The lowest BCUT2D eigenvalue weighted by Crippen LogP contribution is -2.20. The third-order valence-corrected chi connectivity index (χ3v) is 3.65. The zero-order valence-corrected chi connectivity index (χ0v) is 13.7. The highest BCUT2D eigenvalue weighted by atomic mass is 16.6. The second kappa shape index (κ2) is 6.60. The van der Waals surface area contributed by atoms with Crippen LogP contribution in [0, 0.1) is 0 Å². The van der Waals surface area contributed by atoms with E-state index < -0.39 is 17.6 Å². The number of nitrogens with zero attached hydrogens (tertiary/aromatic N) is 1. The van der Waals surface area contributed by atoms with Gasteiger partial charge in [0, 0.05) is 31.2 Å². The van der Waals surface area contributed by atoms with E-state index in [1.54, 1.807) is 30.3 Å². The fourth-order valence-electron chi connectivity index (χ4n) is 2.29. The number of anilines is 1. The Bertz CT molecular complexity index is 1010. The molecule has 6 heteroatoms. The van der Waals surface area contributed by atoms with Crippen molar-refractivity contribution in [3.05, 3.63) is 76.1 Å². The molecule has 0 N–H and O–H groups in total. The second-order valence-electron chi connectivity index (χ2n) is 5.61. The summed E-state index contributed by atoms with van der Waals surface area (Å²) in [5.41, 5.74) is 0.243. The van der Waals surface area contributed by atoms with E-state index in [1.165, 1.54) is 18.2 Å². The zero-order chi connectivity index (χ0) is 18.0. The van der Waals surface area contributed by atoms with Gasteiger partial charge in [0.1, 0.15) is 11.1 Å². The van der Waals surface area contributed by atoms with Crippen LogP contribution in [0.15, 0.2) is 63.8 Å². The third-order valence-electron chi connectivity index (χ3n) is 3.65. The Labute approximate surface area is 143 Å². The highest BCUT2D eigenvalue weighted by Crippen LogP contribution is 2.20. The van der Waals surface area contributed by atoms with Gasteiger partial charge in [-0.2, -0.15) is 0 Å². The lowest BCUT2D eigenvalue weighted by Gasteiger charge is -2.12. The summed E-state index contributed by atoms with van der Waals surface area (Å²) in [6, 6.07) is 14.7. The van der Waals surface area contributed by atoms with Gasteiger partial charge in [0.2, 0.25) is 0 Å². The fraction of sp³-hybridized carbons (Fsp3) is 0.105. The summed E-state index contributed by atoms with van der Waals surface area (Å²) in [7, 11) is 3.72. The first kappa shape index (κ1) is 16.4. The summed E-state index contributed by atoms with van der Waals surface area (Å²) < 4.78 is 9.97. The van der Waals surface area contributed by atoms with Gasteiger partial charge in [0.05, 0.1) is 5.56 Å². The summed E-state index contributed by atoms with van der Waals surface area (Å²) in [6.45, 7) is 0. The van der Waals surface area contributed by atoms with Crippen LogP contribution in [0.3, 0.4) is 0 Å². The monoisotopic (exact) mass is 337 g/mol. The minimum absolute atomic E-state index is 0.219. The van der Waals surface area contributed by atoms with Crippen LogP contribution >= 0.6 is 0 Å². The molecule has 0 fully saturated rings. The molecule has 0 aliphatic rings. The van der Waals surface area contributed by atoms with Gasteiger partial charge in [0.25, 0.3) is 0 Å². The van der Waals surface area contributed by atoms with Crippen molar-refractivity contribution in [3.63, 3.8) is 0 Å². The van der Waals surface area contributed by atoms with Crippen molar-refractivity contribution in [1.82, 2.24) is 0 Å². The quantitative estimate of drug-likeness (QED) is 0.415. The maximum absolute atomic E-state index is 12.2. The van der Waals surface area contributed by atoms with Crippen molar-refractivity contribution in [1.29, 1.82) is 0 Å². The zero-order valence-electron chi connectivity index (χ0n) is 13.7. The summed E-state index contributed by atoms with van der Waals surface area (Å²) in [4.78, 5) is 38.0. The molecule has 6 nitrogen and oxygen atoms in total. The van der Waals surface area contributed by atoms with E-state index in [2.05, 4.69) is 0 Å². The van der Waals surface area contributed by atoms with Crippen LogP contribution in [-0.2, 0) is 4.74 Å². The molecule has 0 saturated heterocycles. The van der Waals surface area contributed by atoms with Crippen LogP contribution in [0.2, 0.25) is 0 Å². The fourth-order valence-corrected chi connectivity index (χ4v) is 2.29. The maximum atomic E-state index is 12.2. The number of benzene rings is 2. The van der Waals surface area contributed by atoms with Crippen LogP contribution in [0.5, 0.6) is 0 Å². The second-order valence-corrected chi connectivity index (χ2v) is 5.61. The molecule has 0 atom stereocenters. The Morgan fingerprint density at radius 1 is 0.960 bits per heavy atom. The number of hydrogen-bond donors (Lipinski definition) is 0. The van der Waals surface area contributed by atoms with Crippen LogP contribution < -0.4 is 10.5 Å². The van der Waals surface area contributed by atoms with Crippen LogP contribution in [0.1, 0.15) is 20.7 Å². The van der Waals surface area contributed by atoms with E-state index in [4.69, 9.17) is 9.15 Å². The molecule has 0 amide bonds. The number of rotatable bonds is 3. The molecule has 2 aromatic carbocycles. The first-order chi connectivity index (χ1) is 12.0. The van der Waals surface area contributed by atoms with Gasteiger partial charge in [-0.05, 0) is 30.3 Å². The minimum Gasteiger partial charge on any atom is -0.422 e. The Balaban J connectivity index is 1.91. The molecule has 0 unspecified atom stereocenters. The van der Waals surface area contributed by atoms with Gasteiger partial charge < -0.3 is 14.1 Å². The first-order valence-corrected chi connectivity index (χ1v) is 7.52. The average molecular weight is 337 g/mol. The van der Waals surface area contributed by atoms with E-state index in [0.717, 1.165) is 5.69 Å². The first-order valence-electron chi connectivity index (χ1n) is 7.52. The normalized spacial score (nSPS) is 10.5. The van der Waals surface area contributed by atoms with E-state index in [0.29, 0.717) is 11.0 Å². The molecule has 0 bridgehead atoms. The molecule has 3 aromatic rings. The maximum Gasteiger partial charge on any atom is 0.353 e. The van der Waals surface area contributed by atoms with Crippen molar-refractivity contribution in [2.24, 2.45) is 0 Å². The Morgan fingerprint density at radius 2 is 1.68 bits per heavy atom. The molecular formula is C19H15NO5. The summed E-state index contributed by atoms with van der Waals surface area (Å²) in [5, 5.41) is 0.560. The summed E-state index contributed by atoms with van der Waals surface area (Å²) >= 11 is 0. The van der Waals surface area contributed by atoms with Crippen molar-refractivity contribution in [3.8, 4) is 0 Å². The predicted molar refractivity (Wildman–Crippen MR) is 93.0 cm³/mol. The number of esters is 2. The van der Waals surface area contributed by atoms with Crippen molar-refractivity contribution >= 4 is 28.6 Å². The lowest BCUT2D eigenvalue weighted by molar-refractivity contribution is 0.0395. The number of carbonyl (C=O) groups excluding carboxylic acids is 2. The number of hydrogen-bond acceptors (Lipinski definition) is 6. The van der Waals surface area contributed by atoms with Gasteiger partial charge in [0.15, 0.2) is 0 Å². The molecule has 0 radical (unpaired) electrons. The van der Waals surface area contributed by atoms with Crippen LogP contribution in [0.25, 0.3) is 11.0 Å². The highest BCUT2D eigenvalue weighted by Gasteiger charge is 2.19. The largest absolute Gasteiger partial charge is 0.422 e. The molecule has 126 valence electrons. The van der Waals surface area contributed by atoms with E-state index >= 15 is 0 Å². The molecule has 25 heavy (non-hydrogen) atoms. The van der Waals surface area contributed by atoms with Gasteiger partial charge >= 0.3 is 17.6 Å². The van der Waals surface area contributed by atoms with Crippen LogP contribution in [-0.4, -0.2) is 26.0 Å². The van der Waals surface area contributed by atoms with E-state index in [-0.39, 0.29) is 11.1 Å². The average Bonchev–Trinajstić information content (AvgIpc) is 2.61. The molecule has 1 heterocycles. The Morgan fingerprint density at radius 3 is 2.36 bits per heavy atom. The minimum atomic E-state index is -1.04. The molecular weight excluding hydrogens is 322 g/mol. The van der Waals surface area contributed by atoms with Crippen molar-refractivity contribution < 1.29 is 18.7 Å². The predicted octanol–water partition coefficient (Wildman–Crippen LogP) is 2.86. The molecule has 1 aromatic heterocycles. The number of ether oxygens (including phenoxy) is 1. The van der Waals surface area contributed by atoms with Gasteiger partial charge in [-0.25, -0.2) is 14.4 Å². The lowest BCUT2D eigenvalue weighted by atomic mass is 10.1. The molecule has 3 rings (SSSR count). The number of fused-ring (bicyclic) bond motifs is 1. The smallest absolute Gasteiger partial charge is 0.353 e. The molecule has 0 spiro atoms. The standard InChI is InChI=1S/C19H15NO5/c1-20(2)14-9-8-13-10-15(18(22)24-16(13)11-14)19(23)25-17(21)12-6-4-3-5-7-12/h3-11H,1-2H3. The van der Waals surface area contributed by atoms with Gasteiger partial charge in [-0.1, -0.05) is 18.2 Å². The molecule has 0 aliphatic carbocycles. The molecule has 0 aliphatic heterocycles. The third kappa shape index (κ3) is 3.42. The molecule has 0 saturated carbocycles. The van der Waals surface area contributed by atoms with Gasteiger partial charge in [-0.15, -0.1) is 0 Å². The number of carbonyl (C=O) groups is 2. The Kier molecular flexibility index (Phi) is 4.35. The SMILES string of the molecule is CN(C)c1ccc2cc(C(=O)OC(=O)c3ccccc3)c(=O)oc2c1. The van der Waals surface area contributed by atoms with Gasteiger partial charge in [-0.3, -0.25) is 0 Å². The van der Waals surface area contributed by atoms with Crippen LogP contribution in [0.4, 0.5) is 5.69 Å². The Hall–Kier alpha value is -3.41.